The van der Waals surface area contributed by atoms with Crippen LogP contribution in [0.2, 0.25) is 0 Å². The molecule has 0 aliphatic carbocycles. The standard InChI is InChI=1S/C16H23N3S/c1-19(2)9-8-17-11-12-7-10-20-16-15(12)13-5-3-4-6-14(13)18-16/h3-6,12,17-18H,7-11H2,1-2H3. The Labute approximate surface area is 125 Å². The number of nitrogens with zero attached hydrogens (tertiary/aromatic N) is 1. The second-order valence-electron chi connectivity index (χ2n) is 5.75. The zero-order valence-corrected chi connectivity index (χ0v) is 13.1. The number of likely N-dealkylation sites (N-methyl/N-ethyl adjacent to an activating group) is 1. The summed E-state index contributed by atoms with van der Waals surface area (Å²) >= 11 is 1.97. The van der Waals surface area contributed by atoms with E-state index in [1.165, 1.54) is 33.7 Å². The summed E-state index contributed by atoms with van der Waals surface area (Å²) in [5.74, 6) is 1.87. The van der Waals surface area contributed by atoms with Crippen molar-refractivity contribution in [2.45, 2.75) is 17.4 Å². The van der Waals surface area contributed by atoms with Gasteiger partial charge in [0.15, 0.2) is 0 Å². The van der Waals surface area contributed by atoms with Crippen molar-refractivity contribution < 1.29 is 0 Å². The molecule has 3 rings (SSSR count). The van der Waals surface area contributed by atoms with Gasteiger partial charge in [-0.3, -0.25) is 0 Å². The number of aromatic amines is 1. The van der Waals surface area contributed by atoms with Crippen LogP contribution in [0.5, 0.6) is 0 Å². The lowest BCUT2D eigenvalue weighted by Gasteiger charge is -2.23. The van der Waals surface area contributed by atoms with Crippen LogP contribution in [-0.4, -0.2) is 49.4 Å². The number of H-pyrrole nitrogens is 1. The van der Waals surface area contributed by atoms with Gasteiger partial charge in [0.05, 0.1) is 5.03 Å². The monoisotopic (exact) mass is 289 g/mol. The highest BCUT2D eigenvalue weighted by atomic mass is 32.2. The number of hydrogen-bond acceptors (Lipinski definition) is 3. The number of aromatic nitrogens is 1. The van der Waals surface area contributed by atoms with E-state index in [0.29, 0.717) is 5.92 Å². The van der Waals surface area contributed by atoms with E-state index >= 15 is 0 Å². The summed E-state index contributed by atoms with van der Waals surface area (Å²) in [6, 6.07) is 8.69. The van der Waals surface area contributed by atoms with Gasteiger partial charge in [0.25, 0.3) is 0 Å². The molecular formula is C16H23N3S. The lowest BCUT2D eigenvalue weighted by atomic mass is 9.95. The molecule has 0 radical (unpaired) electrons. The minimum Gasteiger partial charge on any atom is -0.349 e. The first-order valence-corrected chi connectivity index (χ1v) is 8.33. The van der Waals surface area contributed by atoms with Crippen LogP contribution in [-0.2, 0) is 0 Å². The molecule has 1 atom stereocenters. The van der Waals surface area contributed by atoms with Gasteiger partial charge in [0, 0.05) is 42.2 Å². The normalized spacial score (nSPS) is 18.6. The van der Waals surface area contributed by atoms with Crippen LogP contribution in [0.1, 0.15) is 17.9 Å². The Morgan fingerprint density at radius 1 is 1.35 bits per heavy atom. The van der Waals surface area contributed by atoms with Crippen molar-refractivity contribution in [2.24, 2.45) is 0 Å². The molecule has 3 nitrogen and oxygen atoms in total. The third kappa shape index (κ3) is 2.87. The highest BCUT2D eigenvalue weighted by Gasteiger charge is 2.24. The predicted octanol–water partition coefficient (Wildman–Crippen LogP) is 2.90. The molecule has 1 aromatic heterocycles. The van der Waals surface area contributed by atoms with Gasteiger partial charge in [-0.1, -0.05) is 18.2 Å². The molecule has 0 fully saturated rings. The molecule has 0 spiro atoms. The molecule has 1 unspecified atom stereocenters. The van der Waals surface area contributed by atoms with Crippen LogP contribution >= 0.6 is 11.8 Å². The highest BCUT2D eigenvalue weighted by Crippen LogP contribution is 2.41. The maximum Gasteiger partial charge on any atom is 0.0768 e. The summed E-state index contributed by atoms with van der Waals surface area (Å²) in [6.07, 6.45) is 1.27. The van der Waals surface area contributed by atoms with Gasteiger partial charge in [0.1, 0.15) is 0 Å². The Bertz CT molecular complexity index is 576. The van der Waals surface area contributed by atoms with Gasteiger partial charge in [-0.15, -0.1) is 11.8 Å². The minimum atomic E-state index is 0.643. The molecule has 2 heterocycles. The summed E-state index contributed by atoms with van der Waals surface area (Å²) in [5.41, 5.74) is 2.82. The summed E-state index contributed by atoms with van der Waals surface area (Å²) < 4.78 is 0. The maximum absolute atomic E-state index is 3.62. The quantitative estimate of drug-likeness (QED) is 0.830. The molecule has 1 aliphatic rings. The van der Waals surface area contributed by atoms with Gasteiger partial charge in [-0.05, 0) is 32.1 Å². The Kier molecular flexibility index (Phi) is 4.34. The van der Waals surface area contributed by atoms with Crippen molar-refractivity contribution in [3.05, 3.63) is 29.8 Å². The molecule has 4 heteroatoms. The van der Waals surface area contributed by atoms with Gasteiger partial charge in [0.2, 0.25) is 0 Å². The van der Waals surface area contributed by atoms with Crippen LogP contribution in [0.15, 0.2) is 29.3 Å². The fraction of sp³-hybridized carbons (Fsp3) is 0.500. The molecule has 0 saturated carbocycles. The molecule has 0 amide bonds. The summed E-state index contributed by atoms with van der Waals surface area (Å²) in [7, 11) is 4.24. The van der Waals surface area contributed by atoms with Crippen LogP contribution < -0.4 is 5.32 Å². The van der Waals surface area contributed by atoms with Crippen molar-refractivity contribution in [1.82, 2.24) is 15.2 Å². The number of para-hydroxylation sites is 1. The summed E-state index contributed by atoms with van der Waals surface area (Å²) in [5, 5.41) is 6.41. The molecule has 2 N–H and O–H groups in total. The molecule has 1 aromatic carbocycles. The van der Waals surface area contributed by atoms with E-state index in [1.54, 1.807) is 0 Å². The first-order valence-electron chi connectivity index (χ1n) is 7.34. The van der Waals surface area contributed by atoms with Crippen molar-refractivity contribution in [3.63, 3.8) is 0 Å². The largest absolute Gasteiger partial charge is 0.349 e. The van der Waals surface area contributed by atoms with E-state index < -0.39 is 0 Å². The first kappa shape index (κ1) is 14.0. The van der Waals surface area contributed by atoms with E-state index in [2.05, 4.69) is 53.6 Å². The smallest absolute Gasteiger partial charge is 0.0768 e. The van der Waals surface area contributed by atoms with E-state index in [0.717, 1.165) is 19.6 Å². The zero-order valence-electron chi connectivity index (χ0n) is 12.3. The number of fused-ring (bicyclic) bond motifs is 3. The van der Waals surface area contributed by atoms with Crippen LogP contribution in [0.25, 0.3) is 10.9 Å². The van der Waals surface area contributed by atoms with E-state index in [4.69, 9.17) is 0 Å². The van der Waals surface area contributed by atoms with Gasteiger partial charge in [-0.2, -0.15) is 0 Å². The maximum atomic E-state index is 3.62. The van der Waals surface area contributed by atoms with E-state index in [9.17, 15) is 0 Å². The Morgan fingerprint density at radius 2 is 2.20 bits per heavy atom. The minimum absolute atomic E-state index is 0.643. The Hall–Kier alpha value is -0.970. The van der Waals surface area contributed by atoms with Crippen molar-refractivity contribution in [1.29, 1.82) is 0 Å². The SMILES string of the molecule is CN(C)CCNCC1CCSc2[nH]c3ccccc3c21. The fourth-order valence-electron chi connectivity index (χ4n) is 2.89. The Balaban J connectivity index is 1.75. The molecule has 2 aromatic rings. The average molecular weight is 289 g/mol. The summed E-state index contributed by atoms with van der Waals surface area (Å²) in [4.78, 5) is 5.80. The molecule has 0 saturated heterocycles. The first-order chi connectivity index (χ1) is 9.75. The second-order valence-corrected chi connectivity index (χ2v) is 6.86. The number of thioether (sulfide) groups is 1. The molecule has 0 bridgehead atoms. The van der Waals surface area contributed by atoms with Crippen LogP contribution in [0.3, 0.4) is 0 Å². The lowest BCUT2D eigenvalue weighted by Crippen LogP contribution is -2.30. The highest BCUT2D eigenvalue weighted by molar-refractivity contribution is 7.99. The van der Waals surface area contributed by atoms with Crippen molar-refractivity contribution >= 4 is 22.7 Å². The summed E-state index contributed by atoms with van der Waals surface area (Å²) in [6.45, 7) is 3.25. The van der Waals surface area contributed by atoms with Gasteiger partial charge >= 0.3 is 0 Å². The predicted molar refractivity (Wildman–Crippen MR) is 87.8 cm³/mol. The van der Waals surface area contributed by atoms with Gasteiger partial charge in [-0.25, -0.2) is 0 Å². The van der Waals surface area contributed by atoms with E-state index in [-0.39, 0.29) is 0 Å². The van der Waals surface area contributed by atoms with Crippen molar-refractivity contribution in [3.8, 4) is 0 Å². The van der Waals surface area contributed by atoms with E-state index in [1.807, 2.05) is 11.8 Å². The van der Waals surface area contributed by atoms with Crippen LogP contribution in [0, 0.1) is 0 Å². The third-order valence-corrected chi connectivity index (χ3v) is 5.01. The number of benzene rings is 1. The van der Waals surface area contributed by atoms with Gasteiger partial charge < -0.3 is 15.2 Å². The zero-order chi connectivity index (χ0) is 13.9. The number of rotatable bonds is 5. The Morgan fingerprint density at radius 3 is 3.05 bits per heavy atom. The lowest BCUT2D eigenvalue weighted by molar-refractivity contribution is 0.395. The average Bonchev–Trinajstić information content (AvgIpc) is 2.82. The molecule has 108 valence electrons. The molecule has 20 heavy (non-hydrogen) atoms. The number of hydrogen-bond donors (Lipinski definition) is 2. The third-order valence-electron chi connectivity index (χ3n) is 3.96. The topological polar surface area (TPSA) is 31.1 Å². The fourth-order valence-corrected chi connectivity index (χ4v) is 4.11. The number of nitrogens with one attached hydrogen (secondary N) is 2. The molecule has 1 aliphatic heterocycles. The van der Waals surface area contributed by atoms with Crippen molar-refractivity contribution in [2.75, 3.05) is 39.5 Å². The van der Waals surface area contributed by atoms with Crippen LogP contribution in [0.4, 0.5) is 0 Å². The molecular weight excluding hydrogens is 266 g/mol. The second kappa shape index (κ2) is 6.20.